The highest BCUT2D eigenvalue weighted by molar-refractivity contribution is 7.09. The van der Waals surface area contributed by atoms with Crippen LogP contribution in [0.25, 0.3) is 0 Å². The lowest BCUT2D eigenvalue weighted by atomic mass is 10.5. The average molecular weight is 244 g/mol. The Morgan fingerprint density at radius 3 is 3.06 bits per heavy atom. The van der Waals surface area contributed by atoms with Gasteiger partial charge in [-0.2, -0.15) is 0 Å². The van der Waals surface area contributed by atoms with Crippen molar-refractivity contribution >= 4 is 11.3 Å². The maximum absolute atomic E-state index is 5.43. The Morgan fingerprint density at radius 1 is 1.44 bits per heavy atom. The summed E-state index contributed by atoms with van der Waals surface area (Å²) in [4.78, 5) is 4.47. The average Bonchev–Trinajstić information content (AvgIpc) is 2.73. The fourth-order valence-corrected chi connectivity index (χ4v) is 1.92. The molecule has 0 aliphatic rings. The number of ether oxygens (including phenoxy) is 2. The second kappa shape index (κ2) is 8.64. The van der Waals surface area contributed by atoms with Gasteiger partial charge in [-0.05, 0) is 6.42 Å². The van der Waals surface area contributed by atoms with E-state index in [1.807, 2.05) is 0 Å². The van der Waals surface area contributed by atoms with Crippen molar-refractivity contribution in [3.63, 3.8) is 0 Å². The number of methoxy groups -OCH3 is 1. The van der Waals surface area contributed by atoms with Gasteiger partial charge in [-0.3, -0.25) is 0 Å². The van der Waals surface area contributed by atoms with Crippen molar-refractivity contribution in [2.24, 2.45) is 0 Å². The van der Waals surface area contributed by atoms with Crippen LogP contribution < -0.4 is 5.32 Å². The van der Waals surface area contributed by atoms with Crippen LogP contribution in [0.15, 0.2) is 5.38 Å². The standard InChI is InChI=1S/C11H20N2O2S/c1-3-5-15-8-11-13-10(9-16-11)7-12-4-6-14-2/h9,12H,3-8H2,1-2H3. The van der Waals surface area contributed by atoms with Crippen LogP contribution in [0.1, 0.15) is 24.0 Å². The molecule has 0 bridgehead atoms. The van der Waals surface area contributed by atoms with E-state index < -0.39 is 0 Å². The van der Waals surface area contributed by atoms with Gasteiger partial charge in [0.2, 0.25) is 0 Å². The third-order valence-electron chi connectivity index (χ3n) is 1.96. The first-order valence-electron chi connectivity index (χ1n) is 5.57. The highest BCUT2D eigenvalue weighted by atomic mass is 32.1. The van der Waals surface area contributed by atoms with Crippen LogP contribution in [0.5, 0.6) is 0 Å². The van der Waals surface area contributed by atoms with Crippen molar-refractivity contribution < 1.29 is 9.47 Å². The van der Waals surface area contributed by atoms with Crippen LogP contribution >= 0.6 is 11.3 Å². The second-order valence-corrected chi connectivity index (χ2v) is 4.40. The summed E-state index contributed by atoms with van der Waals surface area (Å²) in [5.41, 5.74) is 1.08. The normalized spacial score (nSPS) is 10.9. The van der Waals surface area contributed by atoms with E-state index in [0.717, 1.165) is 43.4 Å². The van der Waals surface area contributed by atoms with Crippen molar-refractivity contribution in [2.75, 3.05) is 26.9 Å². The Bertz CT molecular complexity index is 279. The molecule has 0 spiro atoms. The zero-order valence-electron chi connectivity index (χ0n) is 9.99. The van der Waals surface area contributed by atoms with E-state index in [9.17, 15) is 0 Å². The van der Waals surface area contributed by atoms with Gasteiger partial charge in [-0.25, -0.2) is 4.98 Å². The van der Waals surface area contributed by atoms with Crippen LogP contribution in [-0.2, 0) is 22.6 Å². The minimum absolute atomic E-state index is 0.635. The zero-order chi connectivity index (χ0) is 11.6. The monoisotopic (exact) mass is 244 g/mol. The van der Waals surface area contributed by atoms with Crippen LogP contribution in [-0.4, -0.2) is 31.9 Å². The predicted octanol–water partition coefficient (Wildman–Crippen LogP) is 1.81. The molecule has 1 rings (SSSR count). The molecule has 1 N–H and O–H groups in total. The maximum atomic E-state index is 5.43. The summed E-state index contributed by atoms with van der Waals surface area (Å²) in [7, 11) is 1.70. The quantitative estimate of drug-likeness (QED) is 0.673. The molecule has 5 heteroatoms. The van der Waals surface area contributed by atoms with Crippen molar-refractivity contribution in [1.82, 2.24) is 10.3 Å². The van der Waals surface area contributed by atoms with E-state index >= 15 is 0 Å². The molecule has 0 unspecified atom stereocenters. The third-order valence-corrected chi connectivity index (χ3v) is 2.83. The van der Waals surface area contributed by atoms with Crippen molar-refractivity contribution in [3.8, 4) is 0 Å². The molecule has 0 saturated carbocycles. The molecule has 92 valence electrons. The molecule has 1 aromatic rings. The van der Waals surface area contributed by atoms with Gasteiger partial charge in [-0.1, -0.05) is 6.92 Å². The Morgan fingerprint density at radius 2 is 2.31 bits per heavy atom. The number of rotatable bonds is 9. The fraction of sp³-hybridized carbons (Fsp3) is 0.727. The molecule has 0 aromatic carbocycles. The summed E-state index contributed by atoms with van der Waals surface area (Å²) in [6, 6.07) is 0. The topological polar surface area (TPSA) is 43.4 Å². The Hall–Kier alpha value is -0.490. The van der Waals surface area contributed by atoms with E-state index in [4.69, 9.17) is 9.47 Å². The molecule has 0 atom stereocenters. The molecule has 0 fully saturated rings. The minimum atomic E-state index is 0.635. The van der Waals surface area contributed by atoms with Gasteiger partial charge in [0.25, 0.3) is 0 Å². The second-order valence-electron chi connectivity index (χ2n) is 3.45. The molecule has 1 aromatic heterocycles. The summed E-state index contributed by atoms with van der Waals surface area (Å²) in [6.45, 7) is 5.94. The summed E-state index contributed by atoms with van der Waals surface area (Å²) < 4.78 is 10.4. The van der Waals surface area contributed by atoms with Crippen molar-refractivity contribution in [3.05, 3.63) is 16.1 Å². The molecular formula is C11H20N2O2S. The summed E-state index contributed by atoms with van der Waals surface area (Å²) in [5, 5.41) is 6.39. The first kappa shape index (κ1) is 13.6. The number of hydrogen-bond donors (Lipinski definition) is 1. The summed E-state index contributed by atoms with van der Waals surface area (Å²) in [5.74, 6) is 0. The van der Waals surface area contributed by atoms with Crippen molar-refractivity contribution in [2.45, 2.75) is 26.5 Å². The Kier molecular flexibility index (Phi) is 7.33. The first-order chi connectivity index (χ1) is 7.86. The molecular weight excluding hydrogens is 224 g/mol. The fourth-order valence-electron chi connectivity index (χ4n) is 1.19. The van der Waals surface area contributed by atoms with E-state index in [2.05, 4.69) is 22.6 Å². The zero-order valence-corrected chi connectivity index (χ0v) is 10.8. The third kappa shape index (κ3) is 5.55. The highest BCUT2D eigenvalue weighted by Gasteiger charge is 2.01. The SMILES string of the molecule is CCCOCc1nc(CNCCOC)cs1. The van der Waals surface area contributed by atoms with Crippen LogP contribution in [0.4, 0.5) is 0 Å². The molecule has 1 heterocycles. The lowest BCUT2D eigenvalue weighted by Crippen LogP contribution is -2.18. The van der Waals surface area contributed by atoms with E-state index in [-0.39, 0.29) is 0 Å². The summed E-state index contributed by atoms with van der Waals surface area (Å²) in [6.07, 6.45) is 1.05. The van der Waals surface area contributed by atoms with Gasteiger partial charge < -0.3 is 14.8 Å². The lowest BCUT2D eigenvalue weighted by molar-refractivity contribution is 0.121. The summed E-state index contributed by atoms with van der Waals surface area (Å²) >= 11 is 1.66. The predicted molar refractivity (Wildman–Crippen MR) is 65.6 cm³/mol. The maximum Gasteiger partial charge on any atom is 0.119 e. The number of nitrogens with one attached hydrogen (secondary N) is 1. The van der Waals surface area contributed by atoms with E-state index in [1.165, 1.54) is 0 Å². The van der Waals surface area contributed by atoms with Gasteiger partial charge in [0.05, 0.1) is 18.9 Å². The number of aromatic nitrogens is 1. The largest absolute Gasteiger partial charge is 0.383 e. The Labute approximate surface area is 101 Å². The molecule has 0 amide bonds. The lowest BCUT2D eigenvalue weighted by Gasteiger charge is -2.00. The number of thiazole rings is 1. The van der Waals surface area contributed by atoms with E-state index in [0.29, 0.717) is 6.61 Å². The van der Waals surface area contributed by atoms with Gasteiger partial charge in [-0.15, -0.1) is 11.3 Å². The van der Waals surface area contributed by atoms with Crippen LogP contribution in [0, 0.1) is 0 Å². The smallest absolute Gasteiger partial charge is 0.119 e. The van der Waals surface area contributed by atoms with Gasteiger partial charge >= 0.3 is 0 Å². The van der Waals surface area contributed by atoms with Crippen molar-refractivity contribution in [1.29, 1.82) is 0 Å². The first-order valence-corrected chi connectivity index (χ1v) is 6.45. The molecule has 0 aliphatic heterocycles. The van der Waals surface area contributed by atoms with Crippen LogP contribution in [0.3, 0.4) is 0 Å². The number of hydrogen-bond acceptors (Lipinski definition) is 5. The number of nitrogens with zero attached hydrogens (tertiary/aromatic N) is 1. The minimum Gasteiger partial charge on any atom is -0.383 e. The molecule has 0 saturated heterocycles. The highest BCUT2D eigenvalue weighted by Crippen LogP contribution is 2.10. The van der Waals surface area contributed by atoms with Crippen LogP contribution in [0.2, 0.25) is 0 Å². The Balaban J connectivity index is 2.17. The van der Waals surface area contributed by atoms with E-state index in [1.54, 1.807) is 18.4 Å². The molecule has 16 heavy (non-hydrogen) atoms. The van der Waals surface area contributed by atoms with Gasteiger partial charge in [0, 0.05) is 32.2 Å². The molecule has 0 aliphatic carbocycles. The van der Waals surface area contributed by atoms with Gasteiger partial charge in [0.1, 0.15) is 5.01 Å². The molecule has 4 nitrogen and oxygen atoms in total. The van der Waals surface area contributed by atoms with Gasteiger partial charge in [0.15, 0.2) is 0 Å². The molecule has 0 radical (unpaired) electrons.